The van der Waals surface area contributed by atoms with Crippen molar-refractivity contribution in [1.29, 1.82) is 0 Å². The van der Waals surface area contributed by atoms with Crippen molar-refractivity contribution in [2.45, 2.75) is 89.1 Å². The summed E-state index contributed by atoms with van der Waals surface area (Å²) in [5.41, 5.74) is 1.05. The van der Waals surface area contributed by atoms with E-state index in [0.717, 1.165) is 63.7 Å². The fourth-order valence-electron chi connectivity index (χ4n) is 3.14. The molecule has 156 valence electrons. The van der Waals surface area contributed by atoms with Gasteiger partial charge in [-0.3, -0.25) is 4.68 Å². The number of nitrogens with zero attached hydrogens (tertiary/aromatic N) is 3. The van der Waals surface area contributed by atoms with Crippen LogP contribution in [0.4, 0.5) is 0 Å². The highest BCUT2D eigenvalue weighted by Gasteiger charge is 2.42. The van der Waals surface area contributed by atoms with Crippen LogP contribution in [0.25, 0.3) is 0 Å². The summed E-state index contributed by atoms with van der Waals surface area (Å²) in [5.74, 6) is 0. The molecule has 0 aromatic carbocycles. The summed E-state index contributed by atoms with van der Waals surface area (Å²) in [6.07, 6.45) is 3.18. The number of aliphatic hydroxyl groups excluding tert-OH is 4. The molecule has 0 radical (unpaired) electrons. The maximum absolute atomic E-state index is 9.86. The molecule has 9 nitrogen and oxygen atoms in total. The second-order valence-corrected chi connectivity index (χ2v) is 7.23. The Labute approximate surface area is 160 Å². The van der Waals surface area contributed by atoms with Gasteiger partial charge in [0.05, 0.1) is 5.69 Å². The van der Waals surface area contributed by atoms with Crippen molar-refractivity contribution in [3.05, 3.63) is 11.9 Å². The minimum Gasteiger partial charge on any atom is -0.388 e. The molecule has 1 saturated heterocycles. The molecular formula is C18H34N4O5. The monoisotopic (exact) mass is 386 g/mol. The summed E-state index contributed by atoms with van der Waals surface area (Å²) >= 11 is 0. The van der Waals surface area contributed by atoms with E-state index < -0.39 is 30.7 Å². The summed E-state index contributed by atoms with van der Waals surface area (Å²) in [5, 5.41) is 49.9. The van der Waals surface area contributed by atoms with Crippen LogP contribution in [0, 0.1) is 0 Å². The predicted molar refractivity (Wildman–Crippen MR) is 98.9 cm³/mol. The van der Waals surface area contributed by atoms with Gasteiger partial charge in [0.25, 0.3) is 0 Å². The van der Waals surface area contributed by atoms with Gasteiger partial charge in [0.1, 0.15) is 24.4 Å². The summed E-state index contributed by atoms with van der Waals surface area (Å²) in [6.45, 7) is 4.16. The summed E-state index contributed by atoms with van der Waals surface area (Å²) < 4.78 is 7.03. The molecule has 1 aromatic heterocycles. The van der Waals surface area contributed by atoms with Crippen molar-refractivity contribution in [2.75, 3.05) is 13.1 Å². The Balaban J connectivity index is 1.49. The van der Waals surface area contributed by atoms with Gasteiger partial charge in [0, 0.05) is 19.3 Å². The first-order valence-corrected chi connectivity index (χ1v) is 10.0. The molecule has 2 heterocycles. The number of aromatic nitrogens is 3. The Hall–Kier alpha value is -1.10. The molecule has 2 rings (SSSR count). The fourth-order valence-corrected chi connectivity index (χ4v) is 3.14. The predicted octanol–water partition coefficient (Wildman–Crippen LogP) is -0.429. The summed E-state index contributed by atoms with van der Waals surface area (Å²) in [6, 6.07) is 0. The number of aliphatic hydroxyl groups is 4. The van der Waals surface area contributed by atoms with Crippen molar-refractivity contribution in [3.63, 3.8) is 0 Å². The lowest BCUT2D eigenvalue weighted by molar-refractivity contribution is -0.280. The lowest BCUT2D eigenvalue weighted by Crippen LogP contribution is -2.59. The quantitative estimate of drug-likeness (QED) is 0.306. The summed E-state index contributed by atoms with van der Waals surface area (Å²) in [4.78, 5) is 0. The minimum absolute atomic E-state index is 0.308. The normalized spacial score (nSPS) is 28.6. The van der Waals surface area contributed by atoms with E-state index in [1.807, 2.05) is 10.9 Å². The lowest BCUT2D eigenvalue weighted by Gasteiger charge is -2.38. The van der Waals surface area contributed by atoms with Crippen LogP contribution < -0.4 is 5.32 Å². The Kier molecular flexibility index (Phi) is 9.60. The van der Waals surface area contributed by atoms with Crippen LogP contribution in [0.3, 0.4) is 0 Å². The second-order valence-electron chi connectivity index (χ2n) is 7.23. The van der Waals surface area contributed by atoms with Crippen molar-refractivity contribution in [2.24, 2.45) is 0 Å². The van der Waals surface area contributed by atoms with E-state index in [1.54, 1.807) is 0 Å². The molecule has 27 heavy (non-hydrogen) atoms. The number of unbranched alkanes of at least 4 members (excludes halogenated alkanes) is 4. The van der Waals surface area contributed by atoms with Crippen molar-refractivity contribution in [1.82, 2.24) is 20.3 Å². The van der Waals surface area contributed by atoms with Gasteiger partial charge >= 0.3 is 0 Å². The average molecular weight is 386 g/mol. The number of ether oxygens (including phenoxy) is 1. The van der Waals surface area contributed by atoms with E-state index >= 15 is 0 Å². The maximum atomic E-state index is 9.86. The molecule has 0 saturated carbocycles. The van der Waals surface area contributed by atoms with E-state index in [4.69, 9.17) is 4.74 Å². The topological polar surface area (TPSA) is 133 Å². The van der Waals surface area contributed by atoms with Crippen LogP contribution in [-0.2, 0) is 17.7 Å². The fraction of sp³-hybridized carbons (Fsp3) is 0.889. The number of aryl methyl sites for hydroxylation is 2. The first-order valence-electron chi connectivity index (χ1n) is 10.0. The Morgan fingerprint density at radius 1 is 1.04 bits per heavy atom. The van der Waals surface area contributed by atoms with Crippen LogP contribution >= 0.6 is 0 Å². The smallest absolute Gasteiger partial charge is 0.184 e. The van der Waals surface area contributed by atoms with E-state index in [9.17, 15) is 20.4 Å². The van der Waals surface area contributed by atoms with Gasteiger partial charge < -0.3 is 30.5 Å². The van der Waals surface area contributed by atoms with Crippen molar-refractivity contribution in [3.8, 4) is 0 Å². The molecule has 5 atom stereocenters. The van der Waals surface area contributed by atoms with E-state index in [0.29, 0.717) is 6.54 Å². The van der Waals surface area contributed by atoms with Gasteiger partial charge in [-0.15, -0.1) is 5.10 Å². The van der Waals surface area contributed by atoms with Gasteiger partial charge in [-0.1, -0.05) is 31.4 Å². The molecular weight excluding hydrogens is 352 g/mol. The Morgan fingerprint density at radius 2 is 1.81 bits per heavy atom. The highest BCUT2D eigenvalue weighted by molar-refractivity contribution is 4.92. The Morgan fingerprint density at radius 3 is 2.59 bits per heavy atom. The van der Waals surface area contributed by atoms with E-state index in [1.165, 1.54) is 0 Å². The summed E-state index contributed by atoms with van der Waals surface area (Å²) in [7, 11) is 0. The molecule has 1 aliphatic rings. The zero-order valence-electron chi connectivity index (χ0n) is 16.1. The highest BCUT2D eigenvalue weighted by atomic mass is 16.6. The third-order valence-electron chi connectivity index (χ3n) is 4.90. The van der Waals surface area contributed by atoms with Crippen LogP contribution in [0.1, 0.15) is 51.1 Å². The van der Waals surface area contributed by atoms with Crippen molar-refractivity contribution >= 4 is 0 Å². The van der Waals surface area contributed by atoms with Gasteiger partial charge in [-0.25, -0.2) is 0 Å². The second kappa shape index (κ2) is 11.7. The van der Waals surface area contributed by atoms with Crippen LogP contribution in [0.15, 0.2) is 6.20 Å². The Bertz CT molecular complexity index is 530. The zero-order chi connectivity index (χ0) is 19.6. The molecule has 1 aliphatic heterocycles. The number of nitrogens with one attached hydrogen (secondary N) is 1. The van der Waals surface area contributed by atoms with Crippen LogP contribution in [-0.4, -0.2) is 79.2 Å². The van der Waals surface area contributed by atoms with E-state index in [-0.39, 0.29) is 0 Å². The van der Waals surface area contributed by atoms with Gasteiger partial charge in [-0.2, -0.15) is 0 Å². The lowest BCUT2D eigenvalue weighted by atomic mass is 9.99. The highest BCUT2D eigenvalue weighted by Crippen LogP contribution is 2.19. The van der Waals surface area contributed by atoms with Gasteiger partial charge in [-0.05, 0) is 32.2 Å². The molecule has 0 bridgehead atoms. The third-order valence-corrected chi connectivity index (χ3v) is 4.90. The largest absolute Gasteiger partial charge is 0.388 e. The molecule has 0 amide bonds. The minimum atomic E-state index is -1.48. The van der Waals surface area contributed by atoms with Crippen LogP contribution in [0.5, 0.6) is 0 Å². The molecule has 5 N–H and O–H groups in total. The molecule has 2 unspecified atom stereocenters. The van der Waals surface area contributed by atoms with Gasteiger partial charge in [0.15, 0.2) is 6.29 Å². The van der Waals surface area contributed by atoms with Crippen molar-refractivity contribution < 1.29 is 25.2 Å². The SMILES string of the molecule is CCCCn1cc(CCCCCCNCC2OC(O)[C@H](O)[C@@H](O)[C@H]2O)nn1. The number of hydrogen-bond donors (Lipinski definition) is 5. The molecule has 1 aromatic rings. The molecule has 1 fully saturated rings. The number of hydrogen-bond acceptors (Lipinski definition) is 8. The first-order chi connectivity index (χ1) is 13.0. The number of rotatable bonds is 12. The molecule has 0 spiro atoms. The maximum Gasteiger partial charge on any atom is 0.184 e. The zero-order valence-corrected chi connectivity index (χ0v) is 16.1. The van der Waals surface area contributed by atoms with Gasteiger partial charge in [0.2, 0.25) is 0 Å². The van der Waals surface area contributed by atoms with E-state index in [2.05, 4.69) is 22.6 Å². The molecule has 0 aliphatic carbocycles. The average Bonchev–Trinajstić information content (AvgIpc) is 3.12. The van der Waals surface area contributed by atoms with Crippen LogP contribution in [0.2, 0.25) is 0 Å². The molecule has 9 heteroatoms. The first kappa shape index (κ1) is 22.2. The standard InChI is InChI=1S/C18H34N4O5/c1-2-3-10-22-12-13(20-21-22)8-6-4-5-7-9-19-11-14-15(23)16(24)17(25)18(26)27-14/h12,14-19,23-26H,2-11H2,1H3/t14?,15-,16-,17+,18?/m0/s1. The third kappa shape index (κ3) is 7.10.